The number of halogens is 2. The Morgan fingerprint density at radius 1 is 1.35 bits per heavy atom. The van der Waals surface area contributed by atoms with Gasteiger partial charge in [0.2, 0.25) is 17.2 Å². The molecule has 104 valence electrons. The normalized spacial score (nSPS) is 12.9. The van der Waals surface area contributed by atoms with Gasteiger partial charge in [-0.05, 0) is 29.3 Å². The van der Waals surface area contributed by atoms with Crippen LogP contribution in [0.25, 0.3) is 0 Å². The minimum absolute atomic E-state index is 0.0655. The van der Waals surface area contributed by atoms with Gasteiger partial charge in [0, 0.05) is 23.0 Å². The van der Waals surface area contributed by atoms with Gasteiger partial charge in [-0.15, -0.1) is 0 Å². The van der Waals surface area contributed by atoms with Crippen molar-refractivity contribution in [3.63, 3.8) is 0 Å². The Bertz CT molecular complexity index is 646. The third-order valence-corrected chi connectivity index (χ3v) is 3.51. The summed E-state index contributed by atoms with van der Waals surface area (Å²) in [5.74, 6) is 1.35. The predicted molar refractivity (Wildman–Crippen MR) is 79.9 cm³/mol. The molecule has 0 amide bonds. The maximum absolute atomic E-state index is 5.74. The van der Waals surface area contributed by atoms with Crippen molar-refractivity contribution >= 4 is 39.4 Å². The second kappa shape index (κ2) is 5.41. The molecule has 20 heavy (non-hydrogen) atoms. The zero-order valence-corrected chi connectivity index (χ0v) is 12.7. The van der Waals surface area contributed by atoms with E-state index in [1.165, 1.54) is 5.56 Å². The number of benzene rings is 1. The Kier molecular flexibility index (Phi) is 3.62. The fourth-order valence-corrected chi connectivity index (χ4v) is 2.82. The van der Waals surface area contributed by atoms with Crippen LogP contribution >= 0.6 is 27.5 Å². The molecule has 0 aliphatic carbocycles. The number of nitrogens with two attached hydrogens (primary N) is 1. The number of hydrogen-bond acceptors (Lipinski definition) is 6. The van der Waals surface area contributed by atoms with E-state index in [0.29, 0.717) is 19.1 Å². The molecule has 1 aliphatic heterocycles. The number of hydrogen-bond donors (Lipinski definition) is 2. The number of aromatic nitrogens is 3. The second-order valence-corrected chi connectivity index (χ2v) is 5.55. The summed E-state index contributed by atoms with van der Waals surface area (Å²) in [7, 11) is 0. The van der Waals surface area contributed by atoms with Gasteiger partial charge in [-0.3, -0.25) is 0 Å². The summed E-state index contributed by atoms with van der Waals surface area (Å²) in [5.41, 5.74) is 7.75. The molecule has 6 nitrogen and oxygen atoms in total. The Morgan fingerprint density at radius 2 is 2.20 bits per heavy atom. The molecule has 2 aromatic rings. The van der Waals surface area contributed by atoms with E-state index in [0.717, 1.165) is 22.2 Å². The lowest BCUT2D eigenvalue weighted by Gasteiger charge is -2.10. The number of anilines is 2. The molecule has 0 saturated heterocycles. The van der Waals surface area contributed by atoms with Crippen LogP contribution < -0.4 is 15.8 Å². The van der Waals surface area contributed by atoms with Crippen LogP contribution in [0.3, 0.4) is 0 Å². The Hall–Kier alpha value is -1.60. The van der Waals surface area contributed by atoms with Crippen LogP contribution in [0, 0.1) is 0 Å². The van der Waals surface area contributed by atoms with Gasteiger partial charge in [0.05, 0.1) is 6.61 Å². The highest BCUT2D eigenvalue weighted by molar-refractivity contribution is 9.10. The third-order valence-electron chi connectivity index (χ3n) is 2.89. The van der Waals surface area contributed by atoms with Gasteiger partial charge in [-0.1, -0.05) is 15.9 Å². The van der Waals surface area contributed by atoms with E-state index in [1.54, 1.807) is 0 Å². The van der Waals surface area contributed by atoms with Crippen molar-refractivity contribution < 1.29 is 4.74 Å². The molecule has 0 unspecified atom stereocenters. The van der Waals surface area contributed by atoms with Crippen molar-refractivity contribution in [3.8, 4) is 5.75 Å². The van der Waals surface area contributed by atoms with Crippen LogP contribution in [0.1, 0.15) is 11.1 Å². The van der Waals surface area contributed by atoms with Crippen LogP contribution in [0.15, 0.2) is 16.6 Å². The quantitative estimate of drug-likeness (QED) is 0.878. The van der Waals surface area contributed by atoms with Crippen molar-refractivity contribution in [3.05, 3.63) is 33.0 Å². The Labute approximate surface area is 128 Å². The van der Waals surface area contributed by atoms with E-state index in [1.807, 2.05) is 6.07 Å². The van der Waals surface area contributed by atoms with Gasteiger partial charge in [-0.2, -0.15) is 15.0 Å². The van der Waals surface area contributed by atoms with Gasteiger partial charge in [-0.25, -0.2) is 0 Å². The van der Waals surface area contributed by atoms with E-state index in [2.05, 4.69) is 42.3 Å². The summed E-state index contributed by atoms with van der Waals surface area (Å²) in [4.78, 5) is 11.6. The first-order valence-electron chi connectivity index (χ1n) is 5.97. The van der Waals surface area contributed by atoms with Crippen molar-refractivity contribution in [1.29, 1.82) is 0 Å². The molecular weight excluding hydrogens is 346 g/mol. The standard InChI is InChI=1S/C12H11BrClN5O/c13-8-3-6-1-2-20-9(6)7(4-8)5-16-12-18-10(14)17-11(15)19-12/h3-4H,1-2,5H2,(H3,15,16,17,18,19). The largest absolute Gasteiger partial charge is 0.493 e. The Morgan fingerprint density at radius 3 is 3.00 bits per heavy atom. The number of fused-ring (bicyclic) bond motifs is 1. The molecule has 0 bridgehead atoms. The van der Waals surface area contributed by atoms with Crippen molar-refractivity contribution in [2.75, 3.05) is 17.7 Å². The van der Waals surface area contributed by atoms with Crippen molar-refractivity contribution in [2.24, 2.45) is 0 Å². The first-order chi connectivity index (χ1) is 9.61. The fraction of sp³-hybridized carbons (Fsp3) is 0.250. The maximum Gasteiger partial charge on any atom is 0.229 e. The zero-order valence-electron chi connectivity index (χ0n) is 10.4. The maximum atomic E-state index is 5.74. The van der Waals surface area contributed by atoms with Crippen LogP contribution in [-0.4, -0.2) is 21.6 Å². The lowest BCUT2D eigenvalue weighted by molar-refractivity contribution is 0.354. The molecule has 8 heteroatoms. The number of nitrogens with zero attached hydrogens (tertiary/aromatic N) is 3. The minimum atomic E-state index is 0.0655. The molecule has 0 radical (unpaired) electrons. The molecule has 0 fully saturated rings. The van der Waals surface area contributed by atoms with E-state index in [9.17, 15) is 0 Å². The summed E-state index contributed by atoms with van der Waals surface area (Å²) < 4.78 is 6.68. The highest BCUT2D eigenvalue weighted by atomic mass is 79.9. The molecular formula is C12H11BrClN5O. The summed E-state index contributed by atoms with van der Waals surface area (Å²) in [6, 6.07) is 4.08. The second-order valence-electron chi connectivity index (χ2n) is 4.29. The molecule has 1 aromatic heterocycles. The zero-order chi connectivity index (χ0) is 14.1. The molecule has 1 aromatic carbocycles. The van der Waals surface area contributed by atoms with Crippen molar-refractivity contribution in [1.82, 2.24) is 15.0 Å². The number of nitrogen functional groups attached to an aromatic ring is 1. The van der Waals surface area contributed by atoms with Crippen LogP contribution in [0.4, 0.5) is 11.9 Å². The topological polar surface area (TPSA) is 86.0 Å². The van der Waals surface area contributed by atoms with Crippen LogP contribution in [0.5, 0.6) is 5.75 Å². The number of rotatable bonds is 3. The molecule has 0 spiro atoms. The SMILES string of the molecule is Nc1nc(Cl)nc(NCc2cc(Br)cc3c2OCC3)n1. The van der Waals surface area contributed by atoms with Gasteiger partial charge >= 0.3 is 0 Å². The Balaban J connectivity index is 1.82. The van der Waals surface area contributed by atoms with E-state index < -0.39 is 0 Å². The van der Waals surface area contributed by atoms with Crippen molar-refractivity contribution in [2.45, 2.75) is 13.0 Å². The average molecular weight is 357 g/mol. The van der Waals surface area contributed by atoms with E-state index in [-0.39, 0.29) is 11.2 Å². The third kappa shape index (κ3) is 2.78. The molecule has 3 N–H and O–H groups in total. The van der Waals surface area contributed by atoms with Gasteiger partial charge in [0.15, 0.2) is 0 Å². The average Bonchev–Trinajstić information content (AvgIpc) is 2.82. The summed E-state index contributed by atoms with van der Waals surface area (Å²) in [5, 5.41) is 3.14. The van der Waals surface area contributed by atoms with Gasteiger partial charge in [0.1, 0.15) is 5.75 Å². The van der Waals surface area contributed by atoms with E-state index >= 15 is 0 Å². The highest BCUT2D eigenvalue weighted by Crippen LogP contribution is 2.33. The summed E-state index contributed by atoms with van der Waals surface area (Å²) in [6.07, 6.45) is 0.923. The summed E-state index contributed by atoms with van der Waals surface area (Å²) >= 11 is 9.24. The van der Waals surface area contributed by atoms with E-state index in [4.69, 9.17) is 22.1 Å². The van der Waals surface area contributed by atoms with Crippen LogP contribution in [0.2, 0.25) is 5.28 Å². The van der Waals surface area contributed by atoms with Gasteiger partial charge < -0.3 is 15.8 Å². The molecule has 2 heterocycles. The number of nitrogens with one attached hydrogen (secondary N) is 1. The lowest BCUT2D eigenvalue weighted by Crippen LogP contribution is -2.08. The molecule has 3 rings (SSSR count). The highest BCUT2D eigenvalue weighted by Gasteiger charge is 2.17. The molecule has 1 aliphatic rings. The van der Waals surface area contributed by atoms with Gasteiger partial charge in [0.25, 0.3) is 0 Å². The smallest absolute Gasteiger partial charge is 0.229 e. The van der Waals surface area contributed by atoms with Crippen LogP contribution in [-0.2, 0) is 13.0 Å². The lowest BCUT2D eigenvalue weighted by atomic mass is 10.1. The summed E-state index contributed by atoms with van der Waals surface area (Å²) in [6.45, 7) is 1.23. The monoisotopic (exact) mass is 355 g/mol. The first-order valence-corrected chi connectivity index (χ1v) is 7.14. The number of ether oxygens (including phenoxy) is 1. The molecule has 0 atom stereocenters. The minimum Gasteiger partial charge on any atom is -0.493 e. The predicted octanol–water partition coefficient (Wildman–Crippen LogP) is 2.42. The fourth-order valence-electron chi connectivity index (χ4n) is 2.10. The first kappa shape index (κ1) is 13.4. The molecule has 0 saturated carbocycles.